The summed E-state index contributed by atoms with van der Waals surface area (Å²) in [5.74, 6) is -0.0845. The largest absolute Gasteiger partial charge is 0.457 e. The number of nitrogens with one attached hydrogen (secondary N) is 1. The molecule has 1 saturated carbocycles. The van der Waals surface area contributed by atoms with Gasteiger partial charge in [-0.1, -0.05) is 31.0 Å². The highest BCUT2D eigenvalue weighted by atomic mass is 16.6. The maximum Gasteiger partial charge on any atom is 0.325 e. The quantitative estimate of drug-likeness (QED) is 0.628. The molecule has 7 heteroatoms. The van der Waals surface area contributed by atoms with Crippen LogP contribution >= 0.6 is 0 Å². The first-order valence-electron chi connectivity index (χ1n) is 9.73. The molecule has 0 radical (unpaired) electrons. The summed E-state index contributed by atoms with van der Waals surface area (Å²) >= 11 is 0. The first kappa shape index (κ1) is 18.5. The first-order valence-corrected chi connectivity index (χ1v) is 9.73. The van der Waals surface area contributed by atoms with Crippen molar-refractivity contribution in [1.29, 1.82) is 0 Å². The fourth-order valence-corrected chi connectivity index (χ4v) is 4.29. The Morgan fingerprint density at radius 3 is 2.71 bits per heavy atom. The van der Waals surface area contributed by atoms with E-state index in [1.54, 1.807) is 6.92 Å². The molecule has 1 aromatic heterocycles. The molecule has 2 aliphatic rings. The molecule has 148 valence electrons. The van der Waals surface area contributed by atoms with Crippen LogP contribution in [0.3, 0.4) is 0 Å². The number of imide groups is 1. The molecule has 2 heterocycles. The molecule has 7 nitrogen and oxygen atoms in total. The van der Waals surface area contributed by atoms with Gasteiger partial charge >= 0.3 is 12.0 Å². The Morgan fingerprint density at radius 1 is 1.29 bits per heavy atom. The average molecular weight is 384 g/mol. The fourth-order valence-electron chi connectivity index (χ4n) is 4.29. The maximum absolute atomic E-state index is 12.6. The Bertz CT molecular complexity index is 941. The van der Waals surface area contributed by atoms with Gasteiger partial charge in [0.15, 0.2) is 6.10 Å². The van der Waals surface area contributed by atoms with Crippen molar-refractivity contribution in [3.8, 4) is 0 Å². The lowest BCUT2D eigenvalue weighted by molar-refractivity contribution is -0.149. The minimum absolute atomic E-state index is 0.0249. The molecule has 1 N–H and O–H groups in total. The van der Waals surface area contributed by atoms with E-state index in [4.69, 9.17) is 9.15 Å². The first-order chi connectivity index (χ1) is 13.4. The third-order valence-electron chi connectivity index (χ3n) is 5.80. The number of benzene rings is 1. The van der Waals surface area contributed by atoms with Gasteiger partial charge in [-0.15, -0.1) is 0 Å². The highest BCUT2D eigenvalue weighted by Crippen LogP contribution is 2.35. The predicted molar refractivity (Wildman–Crippen MR) is 102 cm³/mol. The topological polar surface area (TPSA) is 88.9 Å². The zero-order valence-corrected chi connectivity index (χ0v) is 16.1. The van der Waals surface area contributed by atoms with Gasteiger partial charge in [-0.3, -0.25) is 14.5 Å². The summed E-state index contributed by atoms with van der Waals surface area (Å²) in [6.45, 7) is 3.71. The minimum atomic E-state index is -0.750. The third-order valence-corrected chi connectivity index (χ3v) is 5.80. The van der Waals surface area contributed by atoms with Crippen LogP contribution in [0, 0.1) is 6.92 Å². The standard InChI is InChI=1S/C21H24N2O5/c1-13-15-7-3-4-8-16(15)28-18(13)14(2)27-17(24)9-12-23-19(25)21(22-20(23)26)10-5-6-11-21/h3-4,7-8,14H,5-6,9-12H2,1-2H3,(H,22,26). The number of hydrogen-bond donors (Lipinski definition) is 1. The van der Waals surface area contributed by atoms with E-state index in [2.05, 4.69) is 5.32 Å². The van der Waals surface area contributed by atoms with Gasteiger partial charge in [0.1, 0.15) is 16.9 Å². The number of carbonyl (C=O) groups is 3. The molecule has 2 fully saturated rings. The van der Waals surface area contributed by atoms with Gasteiger partial charge in [-0.25, -0.2) is 4.79 Å². The second-order valence-electron chi connectivity index (χ2n) is 7.65. The summed E-state index contributed by atoms with van der Waals surface area (Å²) in [7, 11) is 0. The summed E-state index contributed by atoms with van der Waals surface area (Å²) < 4.78 is 11.3. The van der Waals surface area contributed by atoms with E-state index in [9.17, 15) is 14.4 Å². The molecule has 1 aliphatic carbocycles. The Hall–Kier alpha value is -2.83. The number of furan rings is 1. The van der Waals surface area contributed by atoms with Crippen LogP contribution in [-0.2, 0) is 14.3 Å². The lowest BCUT2D eigenvalue weighted by Crippen LogP contribution is -2.44. The highest BCUT2D eigenvalue weighted by Gasteiger charge is 2.52. The number of nitrogens with zero attached hydrogens (tertiary/aromatic N) is 1. The monoisotopic (exact) mass is 384 g/mol. The predicted octanol–water partition coefficient (Wildman–Crippen LogP) is 3.60. The van der Waals surface area contributed by atoms with Crippen LogP contribution in [0.15, 0.2) is 28.7 Å². The van der Waals surface area contributed by atoms with Crippen LogP contribution in [0.1, 0.15) is 56.5 Å². The summed E-state index contributed by atoms with van der Waals surface area (Å²) in [6.07, 6.45) is 2.59. The Morgan fingerprint density at radius 2 is 2.00 bits per heavy atom. The van der Waals surface area contributed by atoms with Gasteiger partial charge in [-0.05, 0) is 32.8 Å². The van der Waals surface area contributed by atoms with E-state index < -0.39 is 23.6 Å². The number of para-hydroxylation sites is 1. The summed E-state index contributed by atoms with van der Waals surface area (Å²) in [4.78, 5) is 38.2. The number of amides is 3. The number of aryl methyl sites for hydroxylation is 1. The van der Waals surface area contributed by atoms with Crippen LogP contribution in [0.4, 0.5) is 4.79 Å². The Balaban J connectivity index is 1.37. The maximum atomic E-state index is 12.6. The van der Waals surface area contributed by atoms with Crippen molar-refractivity contribution in [3.63, 3.8) is 0 Å². The lowest BCUT2D eigenvalue weighted by atomic mass is 9.98. The number of hydrogen-bond acceptors (Lipinski definition) is 5. The smallest absolute Gasteiger partial charge is 0.325 e. The van der Waals surface area contributed by atoms with Crippen molar-refractivity contribution in [2.24, 2.45) is 0 Å². The Kier molecular flexibility index (Phi) is 4.61. The molecule has 1 aliphatic heterocycles. The van der Waals surface area contributed by atoms with Gasteiger partial charge in [0.25, 0.3) is 5.91 Å². The van der Waals surface area contributed by atoms with E-state index in [1.807, 2.05) is 31.2 Å². The number of ether oxygens (including phenoxy) is 1. The van der Waals surface area contributed by atoms with Crippen LogP contribution in [0.25, 0.3) is 11.0 Å². The zero-order valence-electron chi connectivity index (χ0n) is 16.1. The molecule has 3 amide bonds. The van der Waals surface area contributed by atoms with Crippen LogP contribution in [0.5, 0.6) is 0 Å². The molecule has 2 aromatic rings. The highest BCUT2D eigenvalue weighted by molar-refractivity contribution is 6.07. The molecule has 1 atom stereocenters. The van der Waals surface area contributed by atoms with Crippen LogP contribution in [-0.4, -0.2) is 34.9 Å². The van der Waals surface area contributed by atoms with E-state index in [0.29, 0.717) is 18.6 Å². The molecule has 28 heavy (non-hydrogen) atoms. The molecular weight excluding hydrogens is 360 g/mol. The van der Waals surface area contributed by atoms with Crippen LogP contribution in [0.2, 0.25) is 0 Å². The van der Waals surface area contributed by atoms with Crippen molar-refractivity contribution >= 4 is 28.9 Å². The SMILES string of the molecule is Cc1c(C(C)OC(=O)CCN2C(=O)NC3(CCCC3)C2=O)oc2ccccc12. The van der Waals surface area contributed by atoms with E-state index in [1.165, 1.54) is 0 Å². The second-order valence-corrected chi connectivity index (χ2v) is 7.65. The van der Waals surface area contributed by atoms with E-state index >= 15 is 0 Å². The minimum Gasteiger partial charge on any atom is -0.457 e. The molecule has 4 rings (SSSR count). The van der Waals surface area contributed by atoms with Gasteiger partial charge < -0.3 is 14.5 Å². The number of urea groups is 1. The van der Waals surface area contributed by atoms with Gasteiger partial charge in [0.2, 0.25) is 0 Å². The number of esters is 1. The zero-order chi connectivity index (χ0) is 19.9. The van der Waals surface area contributed by atoms with E-state index in [-0.39, 0.29) is 18.9 Å². The lowest BCUT2D eigenvalue weighted by Gasteiger charge is -2.20. The summed E-state index contributed by atoms with van der Waals surface area (Å²) in [5.41, 5.74) is 0.937. The normalized spacial score (nSPS) is 19.4. The molecule has 1 unspecified atom stereocenters. The van der Waals surface area contributed by atoms with E-state index in [0.717, 1.165) is 34.3 Å². The Labute approximate surface area is 163 Å². The van der Waals surface area contributed by atoms with Crippen LogP contribution < -0.4 is 5.32 Å². The molecule has 1 spiro atoms. The van der Waals surface area contributed by atoms with Gasteiger partial charge in [0.05, 0.1) is 6.42 Å². The van der Waals surface area contributed by atoms with Crippen molar-refractivity contribution in [2.75, 3.05) is 6.54 Å². The van der Waals surface area contributed by atoms with Crippen molar-refractivity contribution < 1.29 is 23.5 Å². The number of fused-ring (bicyclic) bond motifs is 1. The van der Waals surface area contributed by atoms with Crippen molar-refractivity contribution in [2.45, 2.75) is 57.6 Å². The molecule has 1 saturated heterocycles. The summed E-state index contributed by atoms with van der Waals surface area (Å²) in [5, 5.41) is 3.80. The number of carbonyl (C=O) groups excluding carboxylic acids is 3. The van der Waals surface area contributed by atoms with Gasteiger partial charge in [0, 0.05) is 17.5 Å². The molecule has 1 aromatic carbocycles. The molecule has 0 bridgehead atoms. The molecular formula is C21H24N2O5. The average Bonchev–Trinajstić information content (AvgIpc) is 3.33. The van der Waals surface area contributed by atoms with Gasteiger partial charge in [-0.2, -0.15) is 0 Å². The third kappa shape index (κ3) is 3.04. The van der Waals surface area contributed by atoms with Crippen molar-refractivity contribution in [3.05, 3.63) is 35.6 Å². The fraction of sp³-hybridized carbons (Fsp3) is 0.476. The van der Waals surface area contributed by atoms with Crippen molar-refractivity contribution in [1.82, 2.24) is 10.2 Å². The summed E-state index contributed by atoms with van der Waals surface area (Å²) in [6, 6.07) is 7.24. The number of rotatable bonds is 5. The second kappa shape index (κ2) is 6.96.